The number of fused-ring (bicyclic) bond motifs is 2. The minimum absolute atomic E-state index is 0.0627. The summed E-state index contributed by atoms with van der Waals surface area (Å²) in [6, 6.07) is 22.8. The summed E-state index contributed by atoms with van der Waals surface area (Å²) in [4.78, 5) is 17.7. The standard InChI is InChI=1S/C31H29N5O4S/c1-19-4-6-21(7-5-19)20(2)30(37)32-25-11-8-22(9-12-25)24-10-13-29-34-31(35-36(29)18-24)33-26-16-23-14-15-41(38,39)28(23)17-27(26)40-3/h4-13,16-18,20H,14-15H2,1-3H3,(H,32,37)(H,33,35)/t20-/m1/s1. The van der Waals surface area contributed by atoms with Crippen LogP contribution in [0, 0.1) is 6.92 Å². The largest absolute Gasteiger partial charge is 0.495 e. The molecule has 208 valence electrons. The Hall–Kier alpha value is -4.70. The normalized spacial score (nSPS) is 14.4. The van der Waals surface area contributed by atoms with Crippen LogP contribution in [0.2, 0.25) is 0 Å². The first-order valence-corrected chi connectivity index (χ1v) is 14.9. The number of carbonyl (C=O) groups excluding carboxylic acids is 1. The molecule has 0 saturated carbocycles. The number of hydrogen-bond donors (Lipinski definition) is 2. The van der Waals surface area contributed by atoms with Crippen molar-refractivity contribution in [2.24, 2.45) is 0 Å². The van der Waals surface area contributed by atoms with E-state index >= 15 is 0 Å². The first-order chi connectivity index (χ1) is 19.7. The first-order valence-electron chi connectivity index (χ1n) is 13.3. The molecular formula is C31H29N5O4S. The summed E-state index contributed by atoms with van der Waals surface area (Å²) in [6.07, 6.45) is 2.35. The van der Waals surface area contributed by atoms with Gasteiger partial charge in [-0.1, -0.05) is 42.0 Å². The van der Waals surface area contributed by atoms with Gasteiger partial charge in [0, 0.05) is 23.5 Å². The van der Waals surface area contributed by atoms with Gasteiger partial charge in [0.2, 0.25) is 11.9 Å². The minimum Gasteiger partial charge on any atom is -0.495 e. The highest BCUT2D eigenvalue weighted by molar-refractivity contribution is 7.91. The third-order valence-electron chi connectivity index (χ3n) is 7.39. The molecule has 3 aromatic carbocycles. The van der Waals surface area contributed by atoms with Crippen LogP contribution >= 0.6 is 0 Å². The summed E-state index contributed by atoms with van der Waals surface area (Å²) >= 11 is 0. The Kier molecular flexibility index (Phi) is 6.70. The summed E-state index contributed by atoms with van der Waals surface area (Å²) in [5.74, 6) is 0.547. The number of ether oxygens (including phenoxy) is 1. The van der Waals surface area contributed by atoms with E-state index in [0.717, 1.165) is 33.5 Å². The SMILES string of the molecule is COc1cc2c(cc1Nc1nc3ccc(-c4ccc(NC(=O)[C@H](C)c5ccc(C)cc5)cc4)cn3n1)CCS2(=O)=O. The van der Waals surface area contributed by atoms with Gasteiger partial charge in [0.15, 0.2) is 15.5 Å². The van der Waals surface area contributed by atoms with Gasteiger partial charge >= 0.3 is 0 Å². The van der Waals surface area contributed by atoms with Crippen LogP contribution < -0.4 is 15.4 Å². The number of nitrogens with zero attached hydrogens (tertiary/aromatic N) is 3. The number of aryl methyl sites for hydroxylation is 2. The van der Waals surface area contributed by atoms with Crippen molar-refractivity contribution in [1.82, 2.24) is 14.6 Å². The molecule has 0 spiro atoms. The lowest BCUT2D eigenvalue weighted by atomic mass is 9.99. The van der Waals surface area contributed by atoms with Crippen molar-refractivity contribution in [2.75, 3.05) is 23.5 Å². The zero-order chi connectivity index (χ0) is 28.7. The van der Waals surface area contributed by atoms with E-state index in [-0.39, 0.29) is 17.6 Å². The maximum atomic E-state index is 12.8. The Morgan fingerprint density at radius 1 is 1.00 bits per heavy atom. The number of sulfone groups is 1. The van der Waals surface area contributed by atoms with Gasteiger partial charge in [0.25, 0.3) is 0 Å². The van der Waals surface area contributed by atoms with E-state index in [9.17, 15) is 13.2 Å². The Balaban J connectivity index is 1.18. The third kappa shape index (κ3) is 5.26. The van der Waals surface area contributed by atoms with E-state index in [1.165, 1.54) is 7.11 Å². The van der Waals surface area contributed by atoms with Crippen LogP contribution in [-0.4, -0.2) is 41.8 Å². The zero-order valence-electron chi connectivity index (χ0n) is 22.9. The molecule has 41 heavy (non-hydrogen) atoms. The van der Waals surface area contributed by atoms with Gasteiger partial charge in [-0.25, -0.2) is 12.9 Å². The highest BCUT2D eigenvalue weighted by Gasteiger charge is 2.28. The van der Waals surface area contributed by atoms with Gasteiger partial charge in [-0.2, -0.15) is 4.98 Å². The van der Waals surface area contributed by atoms with E-state index in [2.05, 4.69) is 20.7 Å². The van der Waals surface area contributed by atoms with Gasteiger partial charge in [-0.05, 0) is 67.3 Å². The van der Waals surface area contributed by atoms with E-state index in [4.69, 9.17) is 4.74 Å². The minimum atomic E-state index is -3.27. The molecule has 0 saturated heterocycles. The van der Waals surface area contributed by atoms with Crippen molar-refractivity contribution < 1.29 is 17.9 Å². The molecule has 2 N–H and O–H groups in total. The summed E-state index contributed by atoms with van der Waals surface area (Å²) in [5, 5.41) is 10.7. The number of pyridine rings is 1. The maximum absolute atomic E-state index is 12.8. The molecule has 0 fully saturated rings. The molecule has 0 aliphatic carbocycles. The van der Waals surface area contributed by atoms with E-state index in [1.807, 2.05) is 80.7 Å². The molecule has 1 atom stereocenters. The third-order valence-corrected chi connectivity index (χ3v) is 9.18. The fourth-order valence-electron chi connectivity index (χ4n) is 4.94. The maximum Gasteiger partial charge on any atom is 0.247 e. The molecule has 9 nitrogen and oxygen atoms in total. The lowest BCUT2D eigenvalue weighted by molar-refractivity contribution is -0.117. The number of methoxy groups -OCH3 is 1. The van der Waals surface area contributed by atoms with Crippen molar-refractivity contribution in [3.8, 4) is 16.9 Å². The smallest absolute Gasteiger partial charge is 0.247 e. The van der Waals surface area contributed by atoms with Crippen LogP contribution in [0.1, 0.15) is 29.5 Å². The topological polar surface area (TPSA) is 115 Å². The summed E-state index contributed by atoms with van der Waals surface area (Å²) in [6.45, 7) is 3.92. The summed E-state index contributed by atoms with van der Waals surface area (Å²) in [7, 11) is -1.77. The van der Waals surface area contributed by atoms with Crippen LogP contribution in [0.15, 0.2) is 83.9 Å². The lowest BCUT2D eigenvalue weighted by Crippen LogP contribution is -2.18. The highest BCUT2D eigenvalue weighted by Crippen LogP contribution is 2.36. The second-order valence-electron chi connectivity index (χ2n) is 10.2. The van der Waals surface area contributed by atoms with E-state index in [0.29, 0.717) is 34.3 Å². The van der Waals surface area contributed by atoms with Crippen LogP contribution in [0.4, 0.5) is 17.3 Å². The van der Waals surface area contributed by atoms with Gasteiger partial charge in [-0.3, -0.25) is 4.79 Å². The Labute approximate surface area is 238 Å². The van der Waals surface area contributed by atoms with Crippen molar-refractivity contribution in [2.45, 2.75) is 31.1 Å². The van der Waals surface area contributed by atoms with Crippen LogP contribution in [0.25, 0.3) is 16.8 Å². The van der Waals surface area contributed by atoms with Gasteiger partial charge in [0.05, 0.1) is 29.4 Å². The average Bonchev–Trinajstić information content (AvgIpc) is 3.51. The molecule has 0 unspecified atom stereocenters. The fraction of sp³-hybridized carbons (Fsp3) is 0.194. The quantitative estimate of drug-likeness (QED) is 0.266. The lowest BCUT2D eigenvalue weighted by Gasteiger charge is -2.13. The molecule has 1 amide bonds. The van der Waals surface area contributed by atoms with Gasteiger partial charge < -0.3 is 15.4 Å². The van der Waals surface area contributed by atoms with Crippen LogP contribution in [-0.2, 0) is 21.1 Å². The molecule has 0 bridgehead atoms. The monoisotopic (exact) mass is 567 g/mol. The van der Waals surface area contributed by atoms with Crippen molar-refractivity contribution >= 4 is 38.7 Å². The van der Waals surface area contributed by atoms with E-state index in [1.54, 1.807) is 16.6 Å². The average molecular weight is 568 g/mol. The molecular weight excluding hydrogens is 538 g/mol. The van der Waals surface area contributed by atoms with Crippen molar-refractivity contribution in [3.63, 3.8) is 0 Å². The summed E-state index contributed by atoms with van der Waals surface area (Å²) < 4.78 is 31.7. The van der Waals surface area contributed by atoms with E-state index < -0.39 is 9.84 Å². The number of carbonyl (C=O) groups is 1. The Morgan fingerprint density at radius 3 is 2.46 bits per heavy atom. The number of hydrogen-bond acceptors (Lipinski definition) is 7. The zero-order valence-corrected chi connectivity index (χ0v) is 23.7. The fourth-order valence-corrected chi connectivity index (χ4v) is 6.50. The first kappa shape index (κ1) is 26.5. The van der Waals surface area contributed by atoms with Gasteiger partial charge in [-0.15, -0.1) is 5.10 Å². The number of aromatic nitrogens is 3. The summed E-state index contributed by atoms with van der Waals surface area (Å²) in [5.41, 5.74) is 6.75. The molecule has 1 aliphatic rings. The molecule has 0 radical (unpaired) electrons. The molecule has 5 aromatic rings. The van der Waals surface area contributed by atoms with Crippen LogP contribution in [0.5, 0.6) is 5.75 Å². The molecule has 2 aromatic heterocycles. The second-order valence-corrected chi connectivity index (χ2v) is 12.3. The van der Waals surface area contributed by atoms with Crippen LogP contribution in [0.3, 0.4) is 0 Å². The molecule has 10 heteroatoms. The number of nitrogens with one attached hydrogen (secondary N) is 2. The number of anilines is 3. The molecule has 6 rings (SSSR count). The molecule has 1 aliphatic heterocycles. The number of rotatable bonds is 7. The van der Waals surface area contributed by atoms with Gasteiger partial charge in [0.1, 0.15) is 5.75 Å². The second kappa shape index (κ2) is 10.4. The molecule has 3 heterocycles. The Morgan fingerprint density at radius 2 is 1.73 bits per heavy atom. The predicted octanol–water partition coefficient (Wildman–Crippen LogP) is 5.53. The predicted molar refractivity (Wildman–Crippen MR) is 159 cm³/mol. The Bertz CT molecular complexity index is 1880. The highest BCUT2D eigenvalue weighted by atomic mass is 32.2. The number of benzene rings is 3. The number of amides is 1. The van der Waals surface area contributed by atoms with Crippen molar-refractivity contribution in [3.05, 3.63) is 95.7 Å². The van der Waals surface area contributed by atoms with Crippen molar-refractivity contribution in [1.29, 1.82) is 0 Å².